The zero-order chi connectivity index (χ0) is 10.2. The number of nitrogens with one attached hydrogen (secondary N) is 1. The first kappa shape index (κ1) is 10.2. The van der Waals surface area contributed by atoms with Crippen molar-refractivity contribution in [2.75, 3.05) is 6.54 Å². The summed E-state index contributed by atoms with van der Waals surface area (Å²) in [5, 5.41) is 20.2. The summed E-state index contributed by atoms with van der Waals surface area (Å²) in [5.41, 5.74) is 1.67. The van der Waals surface area contributed by atoms with Crippen molar-refractivity contribution in [2.24, 2.45) is 0 Å². The minimum Gasteiger partial charge on any atom is -0.312 e. The lowest BCUT2D eigenvalue weighted by molar-refractivity contribution is 0.698. The van der Waals surface area contributed by atoms with Crippen LogP contribution in [0.3, 0.4) is 0 Å². The lowest BCUT2D eigenvalue weighted by Gasteiger charge is -2.03. The van der Waals surface area contributed by atoms with Crippen LogP contribution >= 0.6 is 0 Å². The van der Waals surface area contributed by atoms with Gasteiger partial charge in [-0.2, -0.15) is 10.5 Å². The fourth-order valence-electron chi connectivity index (χ4n) is 1.15. The molecule has 0 aromatic heterocycles. The molecule has 0 aliphatic rings. The van der Waals surface area contributed by atoms with E-state index in [4.69, 9.17) is 10.5 Å². The lowest BCUT2D eigenvalue weighted by Crippen LogP contribution is -2.14. The van der Waals surface area contributed by atoms with E-state index in [0.29, 0.717) is 25.1 Å². The summed E-state index contributed by atoms with van der Waals surface area (Å²) in [6.07, 6.45) is 0.495. The standard InChI is InChI=1S/C11H11N3/c12-6-3-7-14-9-11-5-2-1-4-10(11)8-13/h1-2,4-5,14H,3,7,9H2. The second-order valence-electron chi connectivity index (χ2n) is 2.85. The number of nitrogens with zero attached hydrogens (tertiary/aromatic N) is 2. The van der Waals surface area contributed by atoms with Gasteiger partial charge in [0.2, 0.25) is 0 Å². The third-order valence-electron chi connectivity index (χ3n) is 1.87. The van der Waals surface area contributed by atoms with Crippen LogP contribution in [0.4, 0.5) is 0 Å². The Morgan fingerprint density at radius 1 is 1.21 bits per heavy atom. The zero-order valence-corrected chi connectivity index (χ0v) is 7.83. The van der Waals surface area contributed by atoms with Crippen LogP contribution in [0.5, 0.6) is 0 Å². The van der Waals surface area contributed by atoms with E-state index in [1.165, 1.54) is 0 Å². The first-order valence-electron chi connectivity index (χ1n) is 4.44. The van der Waals surface area contributed by atoms with Gasteiger partial charge in [-0.25, -0.2) is 0 Å². The highest BCUT2D eigenvalue weighted by Gasteiger charge is 1.98. The molecule has 3 heteroatoms. The molecule has 0 bridgehead atoms. The highest BCUT2D eigenvalue weighted by atomic mass is 14.8. The molecular weight excluding hydrogens is 174 g/mol. The fraction of sp³-hybridized carbons (Fsp3) is 0.273. The maximum Gasteiger partial charge on any atom is 0.0995 e. The van der Waals surface area contributed by atoms with Gasteiger partial charge in [0, 0.05) is 19.5 Å². The molecule has 70 valence electrons. The molecule has 0 heterocycles. The Hall–Kier alpha value is -1.84. The van der Waals surface area contributed by atoms with Crippen LogP contribution in [-0.4, -0.2) is 6.54 Å². The van der Waals surface area contributed by atoms with Crippen LogP contribution in [0.25, 0.3) is 0 Å². The molecule has 0 amide bonds. The van der Waals surface area contributed by atoms with E-state index in [-0.39, 0.29) is 0 Å². The Kier molecular flexibility index (Phi) is 4.20. The molecule has 0 aliphatic heterocycles. The molecule has 1 rings (SSSR count). The number of nitriles is 2. The second kappa shape index (κ2) is 5.75. The summed E-state index contributed by atoms with van der Waals surface area (Å²) in [4.78, 5) is 0. The number of rotatable bonds is 4. The van der Waals surface area contributed by atoms with Crippen molar-refractivity contribution in [1.29, 1.82) is 10.5 Å². The minimum atomic E-state index is 0.495. The Labute approximate surface area is 83.6 Å². The van der Waals surface area contributed by atoms with Gasteiger partial charge in [-0.15, -0.1) is 0 Å². The Morgan fingerprint density at radius 2 is 2.00 bits per heavy atom. The summed E-state index contributed by atoms with van der Waals surface area (Å²) in [6, 6.07) is 11.6. The normalized spacial score (nSPS) is 9.00. The number of benzene rings is 1. The first-order valence-corrected chi connectivity index (χ1v) is 4.44. The Morgan fingerprint density at radius 3 is 2.71 bits per heavy atom. The average molecular weight is 185 g/mol. The summed E-state index contributed by atoms with van der Waals surface area (Å²) in [6.45, 7) is 1.31. The van der Waals surface area contributed by atoms with Crippen LogP contribution in [0.2, 0.25) is 0 Å². The molecule has 0 spiro atoms. The van der Waals surface area contributed by atoms with Crippen LogP contribution in [0.1, 0.15) is 17.5 Å². The largest absolute Gasteiger partial charge is 0.312 e. The molecular formula is C11H11N3. The predicted octanol–water partition coefficient (Wildman–Crippen LogP) is 1.56. The van der Waals surface area contributed by atoms with Gasteiger partial charge in [0.05, 0.1) is 17.7 Å². The molecule has 0 aliphatic carbocycles. The van der Waals surface area contributed by atoms with E-state index in [0.717, 1.165) is 5.56 Å². The molecule has 0 radical (unpaired) electrons. The molecule has 3 nitrogen and oxygen atoms in total. The van der Waals surface area contributed by atoms with E-state index in [2.05, 4.69) is 17.5 Å². The topological polar surface area (TPSA) is 59.6 Å². The van der Waals surface area contributed by atoms with Gasteiger partial charge in [0.25, 0.3) is 0 Å². The van der Waals surface area contributed by atoms with Crippen molar-refractivity contribution in [2.45, 2.75) is 13.0 Å². The Bertz CT molecular complexity index is 371. The summed E-state index contributed by atoms with van der Waals surface area (Å²) in [5.74, 6) is 0. The quantitative estimate of drug-likeness (QED) is 0.724. The maximum absolute atomic E-state index is 8.79. The fourth-order valence-corrected chi connectivity index (χ4v) is 1.15. The number of hydrogen-bond acceptors (Lipinski definition) is 3. The monoisotopic (exact) mass is 185 g/mol. The summed E-state index contributed by atoms with van der Waals surface area (Å²) in [7, 11) is 0. The minimum absolute atomic E-state index is 0.495. The van der Waals surface area contributed by atoms with Crippen molar-refractivity contribution in [3.8, 4) is 12.1 Å². The molecule has 0 unspecified atom stereocenters. The van der Waals surface area contributed by atoms with Gasteiger partial charge in [-0.05, 0) is 11.6 Å². The van der Waals surface area contributed by atoms with Crippen molar-refractivity contribution in [3.63, 3.8) is 0 Å². The van der Waals surface area contributed by atoms with E-state index in [9.17, 15) is 0 Å². The second-order valence-corrected chi connectivity index (χ2v) is 2.85. The van der Waals surface area contributed by atoms with Crippen molar-refractivity contribution in [1.82, 2.24) is 5.32 Å². The van der Waals surface area contributed by atoms with E-state index in [1.54, 1.807) is 6.07 Å². The first-order chi connectivity index (χ1) is 6.88. The predicted molar refractivity (Wildman–Crippen MR) is 53.1 cm³/mol. The van der Waals surface area contributed by atoms with Gasteiger partial charge in [-0.1, -0.05) is 18.2 Å². The van der Waals surface area contributed by atoms with Crippen molar-refractivity contribution in [3.05, 3.63) is 35.4 Å². The third-order valence-corrected chi connectivity index (χ3v) is 1.87. The maximum atomic E-state index is 8.79. The average Bonchev–Trinajstić information content (AvgIpc) is 2.25. The molecule has 0 saturated heterocycles. The van der Waals surface area contributed by atoms with Crippen LogP contribution < -0.4 is 5.32 Å². The summed E-state index contributed by atoms with van der Waals surface area (Å²) >= 11 is 0. The summed E-state index contributed by atoms with van der Waals surface area (Å²) < 4.78 is 0. The highest BCUT2D eigenvalue weighted by Crippen LogP contribution is 2.06. The van der Waals surface area contributed by atoms with E-state index < -0.39 is 0 Å². The zero-order valence-electron chi connectivity index (χ0n) is 7.83. The van der Waals surface area contributed by atoms with Crippen LogP contribution in [-0.2, 0) is 6.54 Å². The molecule has 0 fully saturated rings. The lowest BCUT2D eigenvalue weighted by atomic mass is 10.1. The van der Waals surface area contributed by atoms with Gasteiger partial charge < -0.3 is 5.32 Å². The van der Waals surface area contributed by atoms with Gasteiger partial charge in [0.1, 0.15) is 0 Å². The van der Waals surface area contributed by atoms with Gasteiger partial charge in [0.15, 0.2) is 0 Å². The SMILES string of the molecule is N#CCCNCc1ccccc1C#N. The third kappa shape index (κ3) is 2.90. The smallest absolute Gasteiger partial charge is 0.0995 e. The van der Waals surface area contributed by atoms with Gasteiger partial charge in [-0.3, -0.25) is 0 Å². The van der Waals surface area contributed by atoms with E-state index >= 15 is 0 Å². The van der Waals surface area contributed by atoms with Gasteiger partial charge >= 0.3 is 0 Å². The van der Waals surface area contributed by atoms with E-state index in [1.807, 2.05) is 18.2 Å². The molecule has 1 N–H and O–H groups in total. The molecule has 14 heavy (non-hydrogen) atoms. The molecule has 0 saturated carbocycles. The molecule has 1 aromatic carbocycles. The Balaban J connectivity index is 2.51. The molecule has 0 atom stereocenters. The van der Waals surface area contributed by atoms with Crippen LogP contribution in [0, 0.1) is 22.7 Å². The van der Waals surface area contributed by atoms with Crippen molar-refractivity contribution < 1.29 is 0 Å². The number of hydrogen-bond donors (Lipinski definition) is 1. The molecule has 1 aromatic rings. The highest BCUT2D eigenvalue weighted by molar-refractivity contribution is 5.37. The van der Waals surface area contributed by atoms with Crippen LogP contribution in [0.15, 0.2) is 24.3 Å². The van der Waals surface area contributed by atoms with Crippen molar-refractivity contribution >= 4 is 0 Å².